The number of nitrogens with two attached hydrogens (primary N) is 2. The van der Waals surface area contributed by atoms with Crippen LogP contribution in [0.15, 0.2) is 47.4 Å². The lowest BCUT2D eigenvalue weighted by Gasteiger charge is -2.29. The van der Waals surface area contributed by atoms with Gasteiger partial charge in [-0.25, -0.2) is 8.42 Å². The molecule has 1 aliphatic heterocycles. The topological polar surface area (TPSA) is 162 Å². The molecule has 0 saturated heterocycles. The molecule has 0 unspecified atom stereocenters. The predicted octanol–water partition coefficient (Wildman–Crippen LogP) is 0.862. The number of hydrogen-bond donors (Lipinski definition) is 3. The fourth-order valence-electron chi connectivity index (χ4n) is 3.37. The number of anilines is 1. The summed E-state index contributed by atoms with van der Waals surface area (Å²) in [4.78, 5) is -0.527. The van der Waals surface area contributed by atoms with Crippen molar-refractivity contribution in [3.05, 3.63) is 48.0 Å². The zero-order valence-corrected chi connectivity index (χ0v) is 19.3. The van der Waals surface area contributed by atoms with E-state index in [0.29, 0.717) is 6.42 Å². The van der Waals surface area contributed by atoms with Gasteiger partial charge in [-0.15, -0.1) is 8.42 Å². The van der Waals surface area contributed by atoms with Crippen LogP contribution in [0.5, 0.6) is 11.5 Å². The number of benzene rings is 2. The Kier molecular flexibility index (Phi) is 7.00. The first-order chi connectivity index (χ1) is 14.9. The zero-order valence-electron chi connectivity index (χ0n) is 17.7. The number of nitrogen functional groups attached to an aromatic ring is 1. The van der Waals surface area contributed by atoms with Gasteiger partial charge in [0.1, 0.15) is 0 Å². The van der Waals surface area contributed by atoms with Gasteiger partial charge in [-0.2, -0.15) is 4.31 Å². The SMILES string of the molecule is CC(C)CN(C[C@@H](O)[C@@H](N)Cc1ccccc1)S(=O)(=O)c1c(N)ccc2c1OS(=O)(=O)O2. The van der Waals surface area contributed by atoms with Crippen LogP contribution in [-0.2, 0) is 26.8 Å². The van der Waals surface area contributed by atoms with Gasteiger partial charge in [0.05, 0.1) is 11.8 Å². The molecule has 0 aliphatic carbocycles. The first kappa shape index (κ1) is 24.3. The van der Waals surface area contributed by atoms with Gasteiger partial charge >= 0.3 is 10.4 Å². The second kappa shape index (κ2) is 9.24. The molecular weight excluding hydrogens is 458 g/mol. The summed E-state index contributed by atoms with van der Waals surface area (Å²) in [5.41, 5.74) is 12.7. The van der Waals surface area contributed by atoms with Crippen molar-refractivity contribution < 1.29 is 30.3 Å². The lowest BCUT2D eigenvalue weighted by molar-refractivity contribution is 0.116. The van der Waals surface area contributed by atoms with Crippen LogP contribution in [0.2, 0.25) is 0 Å². The van der Waals surface area contributed by atoms with E-state index < -0.39 is 43.2 Å². The third kappa shape index (κ3) is 5.33. The molecule has 10 nitrogen and oxygen atoms in total. The van der Waals surface area contributed by atoms with Crippen LogP contribution in [0.3, 0.4) is 0 Å². The molecule has 1 heterocycles. The summed E-state index contributed by atoms with van der Waals surface area (Å²) >= 11 is 0. The fourth-order valence-corrected chi connectivity index (χ4v) is 6.02. The smallest absolute Gasteiger partial charge is 0.398 e. The highest BCUT2D eigenvalue weighted by atomic mass is 32.3. The number of aliphatic hydroxyl groups excluding tert-OH is 1. The van der Waals surface area contributed by atoms with E-state index in [2.05, 4.69) is 4.18 Å². The molecule has 1 aliphatic rings. The highest BCUT2D eigenvalue weighted by Gasteiger charge is 2.40. The Balaban J connectivity index is 1.92. The monoisotopic (exact) mass is 485 g/mol. The highest BCUT2D eigenvalue weighted by Crippen LogP contribution is 2.45. The van der Waals surface area contributed by atoms with Gasteiger partial charge in [0, 0.05) is 19.1 Å². The molecule has 32 heavy (non-hydrogen) atoms. The van der Waals surface area contributed by atoms with E-state index >= 15 is 0 Å². The van der Waals surface area contributed by atoms with E-state index in [1.807, 2.05) is 44.2 Å². The molecule has 0 aromatic heterocycles. The van der Waals surface area contributed by atoms with Gasteiger partial charge in [0.15, 0.2) is 10.6 Å². The molecule has 2 aromatic rings. The van der Waals surface area contributed by atoms with Gasteiger partial charge in [-0.1, -0.05) is 44.2 Å². The third-order valence-electron chi connectivity index (χ3n) is 4.85. The number of rotatable bonds is 9. The van der Waals surface area contributed by atoms with Crippen molar-refractivity contribution in [3.63, 3.8) is 0 Å². The molecule has 2 atom stereocenters. The Hall–Kier alpha value is -2.38. The van der Waals surface area contributed by atoms with Gasteiger partial charge in [0.25, 0.3) is 0 Å². The van der Waals surface area contributed by atoms with Crippen molar-refractivity contribution in [1.29, 1.82) is 0 Å². The lowest BCUT2D eigenvalue weighted by atomic mass is 10.0. The molecule has 3 rings (SSSR count). The maximum atomic E-state index is 13.5. The van der Waals surface area contributed by atoms with Crippen LogP contribution in [0, 0.1) is 5.92 Å². The third-order valence-corrected chi connectivity index (χ3v) is 7.52. The second-order valence-electron chi connectivity index (χ2n) is 8.02. The van der Waals surface area contributed by atoms with Crippen LogP contribution in [0.1, 0.15) is 19.4 Å². The van der Waals surface area contributed by atoms with Crippen LogP contribution in [0.25, 0.3) is 0 Å². The van der Waals surface area contributed by atoms with Crippen LogP contribution < -0.4 is 19.8 Å². The second-order valence-corrected chi connectivity index (χ2v) is 11.0. The maximum absolute atomic E-state index is 13.5. The van der Waals surface area contributed by atoms with Crippen LogP contribution in [0.4, 0.5) is 5.69 Å². The van der Waals surface area contributed by atoms with Crippen LogP contribution in [-0.4, -0.2) is 51.5 Å². The Morgan fingerprint density at radius 1 is 1.06 bits per heavy atom. The number of sulfonamides is 1. The van der Waals surface area contributed by atoms with Crippen molar-refractivity contribution in [2.45, 2.75) is 37.3 Å². The van der Waals surface area contributed by atoms with Crippen molar-refractivity contribution in [3.8, 4) is 11.5 Å². The number of aliphatic hydroxyl groups is 1. The normalized spacial score (nSPS) is 16.9. The standard InChI is InChI=1S/C20H27N3O7S2/c1-13(2)11-23(12-17(24)16(22)10-14-6-4-3-5-7-14)31(25,26)20-15(21)8-9-18-19(20)30-32(27,28)29-18/h3-9,13,16-17,24H,10-12,21-22H2,1-2H3/t16-,17+/m0/s1. The Bertz CT molecular complexity index is 1170. The van der Waals surface area contributed by atoms with Crippen molar-refractivity contribution in [1.82, 2.24) is 4.31 Å². The maximum Gasteiger partial charge on any atom is 0.501 e. The largest absolute Gasteiger partial charge is 0.501 e. The van der Waals surface area contributed by atoms with E-state index in [9.17, 15) is 21.9 Å². The minimum Gasteiger partial charge on any atom is -0.398 e. The Labute approximate surface area is 188 Å². The molecular formula is C20H27N3O7S2. The lowest BCUT2D eigenvalue weighted by Crippen LogP contribution is -2.47. The van der Waals surface area contributed by atoms with Gasteiger partial charge < -0.3 is 24.9 Å². The summed E-state index contributed by atoms with van der Waals surface area (Å²) < 4.78 is 61.0. The minimum absolute atomic E-state index is 0.0359. The molecule has 0 bridgehead atoms. The molecule has 2 aromatic carbocycles. The predicted molar refractivity (Wildman–Crippen MR) is 119 cm³/mol. The van der Waals surface area contributed by atoms with Crippen molar-refractivity contribution >= 4 is 26.1 Å². The van der Waals surface area contributed by atoms with E-state index in [1.165, 1.54) is 12.1 Å². The highest BCUT2D eigenvalue weighted by molar-refractivity contribution is 7.89. The molecule has 5 N–H and O–H groups in total. The molecule has 12 heteroatoms. The first-order valence-corrected chi connectivity index (χ1v) is 12.7. The number of fused-ring (bicyclic) bond motifs is 1. The van der Waals surface area contributed by atoms with Crippen LogP contribution >= 0.6 is 0 Å². The first-order valence-electron chi connectivity index (χ1n) is 9.95. The average molecular weight is 486 g/mol. The number of hydrogen-bond acceptors (Lipinski definition) is 9. The minimum atomic E-state index is -4.43. The van der Waals surface area contributed by atoms with Crippen molar-refractivity contribution in [2.75, 3.05) is 18.8 Å². The molecule has 0 amide bonds. The Morgan fingerprint density at radius 2 is 1.72 bits per heavy atom. The fraction of sp³-hybridized carbons (Fsp3) is 0.400. The van der Waals surface area contributed by atoms with E-state index in [-0.39, 0.29) is 30.4 Å². The van der Waals surface area contributed by atoms with Crippen molar-refractivity contribution in [2.24, 2.45) is 11.7 Å². The Morgan fingerprint density at radius 3 is 2.34 bits per heavy atom. The summed E-state index contributed by atoms with van der Waals surface area (Å²) in [6.07, 6.45) is -0.849. The molecule has 0 spiro atoms. The average Bonchev–Trinajstić information content (AvgIpc) is 3.01. The number of nitrogens with zero attached hydrogens (tertiary/aromatic N) is 1. The molecule has 0 saturated carbocycles. The van der Waals surface area contributed by atoms with Gasteiger partial charge in [0.2, 0.25) is 15.8 Å². The molecule has 176 valence electrons. The molecule has 0 radical (unpaired) electrons. The molecule has 0 fully saturated rings. The quantitative estimate of drug-likeness (QED) is 0.437. The summed E-state index contributed by atoms with van der Waals surface area (Å²) in [7, 11) is -8.81. The summed E-state index contributed by atoms with van der Waals surface area (Å²) in [5.74, 6) is -0.883. The van der Waals surface area contributed by atoms with E-state index in [0.717, 1.165) is 9.87 Å². The van der Waals surface area contributed by atoms with E-state index in [4.69, 9.17) is 15.7 Å². The van der Waals surface area contributed by atoms with Gasteiger partial charge in [-0.05, 0) is 30.0 Å². The summed E-state index contributed by atoms with van der Waals surface area (Å²) in [6, 6.07) is 11.0. The van der Waals surface area contributed by atoms with Gasteiger partial charge in [-0.3, -0.25) is 0 Å². The zero-order chi connectivity index (χ0) is 23.7. The summed E-state index contributed by atoms with van der Waals surface area (Å²) in [5, 5.41) is 10.7. The van der Waals surface area contributed by atoms with E-state index in [1.54, 1.807) is 0 Å². The summed E-state index contributed by atoms with van der Waals surface area (Å²) in [6.45, 7) is 3.34.